The molecule has 0 radical (unpaired) electrons. The second-order valence-corrected chi connectivity index (χ2v) is 10.9. The Morgan fingerprint density at radius 1 is 1.17 bits per heavy atom. The zero-order chi connectivity index (χ0) is 26.8. The summed E-state index contributed by atoms with van der Waals surface area (Å²) in [5, 5.41) is 20.0. The highest BCUT2D eigenvalue weighted by molar-refractivity contribution is 7.43. The molecule has 190 valence electrons. The quantitative estimate of drug-likeness (QED) is 0.258. The largest absolute Gasteiger partial charge is 0.480 e. The van der Waals surface area contributed by atoms with E-state index in [1.165, 1.54) is 19.1 Å². The van der Waals surface area contributed by atoms with Gasteiger partial charge in [0.05, 0.1) is 11.4 Å². The molecule has 3 unspecified atom stereocenters. The first-order valence-electron chi connectivity index (χ1n) is 11.5. The van der Waals surface area contributed by atoms with Gasteiger partial charge in [0.15, 0.2) is 5.16 Å². The smallest absolute Gasteiger partial charge is 0.326 e. The van der Waals surface area contributed by atoms with Gasteiger partial charge in [0, 0.05) is 18.2 Å². The fourth-order valence-electron chi connectivity index (χ4n) is 4.61. The van der Waals surface area contributed by atoms with Crippen LogP contribution in [-0.4, -0.2) is 33.4 Å². The Kier molecular flexibility index (Phi) is 7.99. The Hall–Kier alpha value is -3.12. The Morgan fingerprint density at radius 3 is 2.31 bits per heavy atom. The molecule has 3 aromatic rings. The molecule has 2 aromatic carbocycles. The van der Waals surface area contributed by atoms with Crippen LogP contribution in [0.1, 0.15) is 43.5 Å². The molecule has 1 heterocycles. The van der Waals surface area contributed by atoms with E-state index in [-0.39, 0.29) is 11.5 Å². The molecule has 0 bridgehead atoms. The number of pyridine rings is 1. The minimum Gasteiger partial charge on any atom is -0.480 e. The number of aliphatic carboxylic acids is 1. The molecule has 2 N–H and O–H groups in total. The highest BCUT2D eigenvalue weighted by Crippen LogP contribution is 2.55. The van der Waals surface area contributed by atoms with Gasteiger partial charge < -0.3 is 14.7 Å². The van der Waals surface area contributed by atoms with Gasteiger partial charge in [0.2, 0.25) is 8.03 Å². The van der Waals surface area contributed by atoms with Crippen molar-refractivity contribution in [2.75, 3.05) is 7.11 Å². The van der Waals surface area contributed by atoms with Crippen molar-refractivity contribution in [2.45, 2.75) is 44.4 Å². The maximum absolute atomic E-state index is 14.0. The minimum absolute atomic E-state index is 0.171. The molecule has 0 aliphatic heterocycles. The van der Waals surface area contributed by atoms with E-state index in [9.17, 15) is 24.0 Å². The van der Waals surface area contributed by atoms with Crippen molar-refractivity contribution in [3.05, 3.63) is 89.9 Å². The Morgan fingerprint density at radius 2 is 1.81 bits per heavy atom. The summed E-state index contributed by atoms with van der Waals surface area (Å²) < 4.78 is 32.2. The molecule has 0 saturated carbocycles. The maximum Gasteiger partial charge on any atom is 0.326 e. The number of benzene rings is 2. The van der Waals surface area contributed by atoms with E-state index in [2.05, 4.69) is 6.58 Å². The van der Waals surface area contributed by atoms with Crippen molar-refractivity contribution in [3.63, 3.8) is 0 Å². The van der Waals surface area contributed by atoms with Crippen molar-refractivity contribution >= 4 is 14.0 Å². The SMILES string of the molecule is C=CC(C(=O)O)([PH](=O)OC)C(C)(O)c1c(-c2ccc(F)cc2C)cc(-c2ccccc2)nc1C(C)C. The van der Waals surface area contributed by atoms with Gasteiger partial charge in [-0.1, -0.05) is 56.3 Å². The Bertz CT molecular complexity index is 1320. The standard InChI is InChI=1S/C28H31FNO5P/c1-7-28(26(31)32,36(34)35-6)27(5,33)24-22(21-14-13-20(29)15-18(21)4)16-23(30-25(24)17(2)3)19-11-9-8-10-12-19/h7-17,33,36H,1H2,2-6H3,(H,31,32). The van der Waals surface area contributed by atoms with E-state index in [0.717, 1.165) is 18.7 Å². The second kappa shape index (κ2) is 10.5. The molecular formula is C28H31FNO5P. The van der Waals surface area contributed by atoms with Crippen molar-refractivity contribution in [3.8, 4) is 22.4 Å². The van der Waals surface area contributed by atoms with Gasteiger partial charge in [0.25, 0.3) is 0 Å². The van der Waals surface area contributed by atoms with E-state index in [1.807, 2.05) is 44.2 Å². The first-order chi connectivity index (χ1) is 16.9. The van der Waals surface area contributed by atoms with Crippen molar-refractivity contribution in [1.82, 2.24) is 4.98 Å². The first kappa shape index (κ1) is 27.5. The molecule has 0 amide bonds. The number of hydrogen-bond acceptors (Lipinski definition) is 5. The molecule has 36 heavy (non-hydrogen) atoms. The van der Waals surface area contributed by atoms with Crippen LogP contribution in [0.2, 0.25) is 0 Å². The summed E-state index contributed by atoms with van der Waals surface area (Å²) in [5.41, 5.74) is 1.32. The molecule has 0 aliphatic carbocycles. The summed E-state index contributed by atoms with van der Waals surface area (Å²) in [4.78, 5) is 17.5. The lowest BCUT2D eigenvalue weighted by Gasteiger charge is -2.41. The van der Waals surface area contributed by atoms with Crippen LogP contribution in [0, 0.1) is 12.7 Å². The lowest BCUT2D eigenvalue weighted by atomic mass is 9.75. The van der Waals surface area contributed by atoms with Gasteiger partial charge in [-0.25, -0.2) is 4.39 Å². The fourth-order valence-corrected chi connectivity index (χ4v) is 5.80. The third kappa shape index (κ3) is 4.55. The van der Waals surface area contributed by atoms with E-state index in [0.29, 0.717) is 28.1 Å². The number of rotatable bonds is 9. The van der Waals surface area contributed by atoms with Crippen LogP contribution in [0.5, 0.6) is 0 Å². The third-order valence-electron chi connectivity index (χ3n) is 6.55. The molecule has 0 spiro atoms. The number of aryl methyl sites for hydroxylation is 1. The van der Waals surface area contributed by atoms with Gasteiger partial charge in [0.1, 0.15) is 11.4 Å². The molecule has 6 nitrogen and oxygen atoms in total. The predicted molar refractivity (Wildman–Crippen MR) is 140 cm³/mol. The summed E-state index contributed by atoms with van der Waals surface area (Å²) in [6.45, 7) is 10.4. The second-order valence-electron chi connectivity index (χ2n) is 9.18. The molecule has 1 aromatic heterocycles. The number of aromatic nitrogens is 1. The first-order valence-corrected chi connectivity index (χ1v) is 12.8. The van der Waals surface area contributed by atoms with Crippen LogP contribution in [0.25, 0.3) is 22.4 Å². The Balaban J connectivity index is 2.55. The van der Waals surface area contributed by atoms with Crippen LogP contribution in [0.3, 0.4) is 0 Å². The van der Waals surface area contributed by atoms with E-state index < -0.39 is 30.6 Å². The number of hydrogen-bond donors (Lipinski definition) is 2. The normalized spacial score (nSPS) is 15.7. The van der Waals surface area contributed by atoms with Gasteiger partial charge in [-0.3, -0.25) is 14.3 Å². The summed E-state index contributed by atoms with van der Waals surface area (Å²) in [6, 6.07) is 15.4. The average molecular weight is 512 g/mol. The Labute approximate surface area is 211 Å². The van der Waals surface area contributed by atoms with E-state index in [4.69, 9.17) is 9.51 Å². The van der Waals surface area contributed by atoms with Crippen LogP contribution in [-0.2, 0) is 19.5 Å². The molecule has 3 atom stereocenters. The van der Waals surface area contributed by atoms with E-state index in [1.54, 1.807) is 19.1 Å². The zero-order valence-electron chi connectivity index (χ0n) is 21.0. The third-order valence-corrected chi connectivity index (χ3v) is 8.47. The summed E-state index contributed by atoms with van der Waals surface area (Å²) >= 11 is 0. The molecule has 8 heteroatoms. The van der Waals surface area contributed by atoms with Crippen LogP contribution in [0.15, 0.2) is 67.3 Å². The minimum atomic E-state index is -3.40. The van der Waals surface area contributed by atoms with Gasteiger partial charge >= 0.3 is 5.97 Å². The number of carboxylic acid groups (broad SMARTS) is 1. The number of nitrogens with zero attached hydrogens (tertiary/aromatic N) is 1. The predicted octanol–water partition coefficient (Wildman–Crippen LogP) is 6.32. The van der Waals surface area contributed by atoms with Gasteiger partial charge in [-0.2, -0.15) is 0 Å². The summed E-state index contributed by atoms with van der Waals surface area (Å²) in [6.07, 6.45) is 0.969. The molecule has 0 saturated heterocycles. The number of aliphatic hydroxyl groups is 1. The molecule has 0 fully saturated rings. The monoisotopic (exact) mass is 511 g/mol. The van der Waals surface area contributed by atoms with Crippen molar-refractivity contribution in [2.24, 2.45) is 0 Å². The topological polar surface area (TPSA) is 96.7 Å². The van der Waals surface area contributed by atoms with Crippen LogP contribution < -0.4 is 0 Å². The van der Waals surface area contributed by atoms with E-state index >= 15 is 0 Å². The average Bonchev–Trinajstić information content (AvgIpc) is 2.83. The molecular weight excluding hydrogens is 480 g/mol. The lowest BCUT2D eigenvalue weighted by Crippen LogP contribution is -2.52. The van der Waals surface area contributed by atoms with Crippen LogP contribution in [0.4, 0.5) is 4.39 Å². The highest BCUT2D eigenvalue weighted by Gasteiger charge is 2.59. The fraction of sp³-hybridized carbons (Fsp3) is 0.286. The number of carboxylic acids is 1. The van der Waals surface area contributed by atoms with Crippen molar-refractivity contribution in [1.29, 1.82) is 0 Å². The molecule has 0 aliphatic rings. The van der Waals surface area contributed by atoms with Crippen molar-refractivity contribution < 1.29 is 28.5 Å². The number of halogens is 1. The van der Waals surface area contributed by atoms with Gasteiger partial charge in [-0.05, 0) is 54.7 Å². The number of carbonyl (C=O) groups is 1. The molecule has 3 rings (SSSR count). The maximum atomic E-state index is 14.0. The summed E-state index contributed by atoms with van der Waals surface area (Å²) in [7, 11) is -2.28. The lowest BCUT2D eigenvalue weighted by molar-refractivity contribution is -0.146. The van der Waals surface area contributed by atoms with Crippen LogP contribution >= 0.6 is 8.03 Å². The van der Waals surface area contributed by atoms with Gasteiger partial charge in [-0.15, -0.1) is 6.58 Å². The highest BCUT2D eigenvalue weighted by atomic mass is 31.1. The zero-order valence-corrected chi connectivity index (χ0v) is 22.0. The summed E-state index contributed by atoms with van der Waals surface area (Å²) in [5.74, 6) is -2.24.